The lowest BCUT2D eigenvalue weighted by molar-refractivity contribution is 0.583. The van der Waals surface area contributed by atoms with Gasteiger partial charge in [0.1, 0.15) is 0 Å². The lowest BCUT2D eigenvalue weighted by Crippen LogP contribution is -2.31. The highest BCUT2D eigenvalue weighted by Gasteiger charge is 1.97. The summed E-state index contributed by atoms with van der Waals surface area (Å²) in [6, 6.07) is 0. The number of rotatable bonds is 8. The molecular weight excluding hydrogens is 208 g/mol. The zero-order chi connectivity index (χ0) is 10.2. The normalized spacial score (nSPS) is 11.8. The summed E-state index contributed by atoms with van der Waals surface area (Å²) in [5.74, 6) is 2.21. The summed E-state index contributed by atoms with van der Waals surface area (Å²) < 4.78 is 23.7. The average Bonchev–Trinajstić information content (AvgIpc) is 2.01. The van der Waals surface area contributed by atoms with Crippen LogP contribution >= 0.6 is 11.8 Å². The van der Waals surface area contributed by atoms with Crippen LogP contribution in [0.4, 0.5) is 0 Å². The Bertz CT molecular complexity index is 205. The van der Waals surface area contributed by atoms with E-state index < -0.39 is 10.0 Å². The predicted octanol–water partition coefficient (Wildman–Crippen LogP) is -0.122. The van der Waals surface area contributed by atoms with Crippen LogP contribution < -0.4 is 10.0 Å². The van der Waals surface area contributed by atoms with Gasteiger partial charge in [-0.15, -0.1) is 0 Å². The summed E-state index contributed by atoms with van der Waals surface area (Å²) in [6.07, 6.45) is 1.17. The van der Waals surface area contributed by atoms with Crippen molar-refractivity contribution in [3.8, 4) is 0 Å². The van der Waals surface area contributed by atoms with Gasteiger partial charge < -0.3 is 5.32 Å². The van der Waals surface area contributed by atoms with Gasteiger partial charge in [0.25, 0.3) is 0 Å². The van der Waals surface area contributed by atoms with E-state index >= 15 is 0 Å². The molecule has 0 bridgehead atoms. The van der Waals surface area contributed by atoms with Gasteiger partial charge in [-0.05, 0) is 5.75 Å². The second kappa shape index (κ2) is 7.61. The van der Waals surface area contributed by atoms with E-state index in [4.69, 9.17) is 0 Å². The van der Waals surface area contributed by atoms with Crippen LogP contribution in [-0.2, 0) is 10.0 Å². The molecule has 13 heavy (non-hydrogen) atoms. The van der Waals surface area contributed by atoms with Crippen molar-refractivity contribution < 1.29 is 8.42 Å². The van der Waals surface area contributed by atoms with Crippen molar-refractivity contribution in [2.24, 2.45) is 0 Å². The predicted molar refractivity (Wildman–Crippen MR) is 58.7 cm³/mol. The average molecular weight is 226 g/mol. The fourth-order valence-electron chi connectivity index (χ4n) is 0.738. The first-order valence-corrected chi connectivity index (χ1v) is 7.34. The highest BCUT2D eigenvalue weighted by Crippen LogP contribution is 1.94. The minimum atomic E-state index is -3.02. The summed E-state index contributed by atoms with van der Waals surface area (Å²) >= 11 is 1.87. The molecule has 0 unspecified atom stereocenters. The Balaban J connectivity index is 3.09. The van der Waals surface area contributed by atoms with Crippen LogP contribution in [0, 0.1) is 0 Å². The smallest absolute Gasteiger partial charge is 0.208 e. The summed E-state index contributed by atoms with van der Waals surface area (Å²) in [6.45, 7) is 4.22. The molecule has 0 radical (unpaired) electrons. The third kappa shape index (κ3) is 12.2. The molecule has 0 rings (SSSR count). The second-order valence-corrected chi connectivity index (χ2v) is 5.84. The first kappa shape index (κ1) is 13.2. The summed E-state index contributed by atoms with van der Waals surface area (Å²) in [4.78, 5) is 0. The van der Waals surface area contributed by atoms with Gasteiger partial charge in [0.15, 0.2) is 0 Å². The second-order valence-electron chi connectivity index (χ2n) is 2.61. The van der Waals surface area contributed by atoms with Crippen molar-refractivity contribution in [2.45, 2.75) is 6.92 Å². The Hall–Kier alpha value is 0.220. The molecule has 2 N–H and O–H groups in total. The molecule has 0 aromatic rings. The Morgan fingerprint density at radius 3 is 2.46 bits per heavy atom. The van der Waals surface area contributed by atoms with Gasteiger partial charge in [-0.3, -0.25) is 0 Å². The van der Waals surface area contributed by atoms with Gasteiger partial charge in [0.2, 0.25) is 10.0 Å². The minimum Gasteiger partial charge on any atom is -0.315 e. The van der Waals surface area contributed by atoms with E-state index in [1.807, 2.05) is 11.8 Å². The monoisotopic (exact) mass is 226 g/mol. The standard InChI is InChI=1S/C7H18N2O2S2/c1-3-12-7-6-8-4-5-9-13(2,10)11/h8-9H,3-7H2,1-2H3. The molecule has 0 saturated carbocycles. The van der Waals surface area contributed by atoms with Crippen LogP contribution in [0.5, 0.6) is 0 Å². The molecule has 0 heterocycles. The van der Waals surface area contributed by atoms with E-state index in [0.29, 0.717) is 13.1 Å². The molecular formula is C7H18N2O2S2. The SMILES string of the molecule is CCSCCNCCNS(C)(=O)=O. The Morgan fingerprint density at radius 1 is 1.23 bits per heavy atom. The topological polar surface area (TPSA) is 58.2 Å². The highest BCUT2D eigenvalue weighted by atomic mass is 32.2. The maximum Gasteiger partial charge on any atom is 0.208 e. The molecule has 0 aliphatic rings. The molecule has 0 aliphatic heterocycles. The number of thioether (sulfide) groups is 1. The quantitative estimate of drug-likeness (QED) is 0.567. The maximum atomic E-state index is 10.6. The first-order chi connectivity index (χ1) is 6.06. The summed E-state index contributed by atoms with van der Waals surface area (Å²) in [5.41, 5.74) is 0. The molecule has 0 saturated heterocycles. The van der Waals surface area contributed by atoms with Crippen LogP contribution in [0.15, 0.2) is 0 Å². The molecule has 0 fully saturated rings. The highest BCUT2D eigenvalue weighted by molar-refractivity contribution is 7.99. The van der Waals surface area contributed by atoms with Gasteiger partial charge in [-0.2, -0.15) is 11.8 Å². The van der Waals surface area contributed by atoms with Crippen molar-refractivity contribution in [3.63, 3.8) is 0 Å². The lowest BCUT2D eigenvalue weighted by Gasteiger charge is -2.04. The third-order valence-corrected chi connectivity index (χ3v) is 2.92. The van der Waals surface area contributed by atoms with Crippen LogP contribution in [0.3, 0.4) is 0 Å². The van der Waals surface area contributed by atoms with Crippen molar-refractivity contribution in [1.82, 2.24) is 10.0 Å². The van der Waals surface area contributed by atoms with Gasteiger partial charge in [-0.25, -0.2) is 13.1 Å². The van der Waals surface area contributed by atoms with Crippen LogP contribution in [-0.4, -0.2) is 45.8 Å². The summed E-state index contributed by atoms with van der Waals surface area (Å²) in [5, 5.41) is 3.14. The van der Waals surface area contributed by atoms with E-state index in [2.05, 4.69) is 17.0 Å². The van der Waals surface area contributed by atoms with E-state index in [-0.39, 0.29) is 0 Å². The molecule has 0 atom stereocenters. The molecule has 0 amide bonds. The van der Waals surface area contributed by atoms with Crippen molar-refractivity contribution in [2.75, 3.05) is 37.4 Å². The number of hydrogen-bond donors (Lipinski definition) is 2. The van der Waals surface area contributed by atoms with Crippen LogP contribution in [0.2, 0.25) is 0 Å². The third-order valence-electron chi connectivity index (χ3n) is 1.29. The zero-order valence-corrected chi connectivity index (χ0v) is 9.80. The summed E-state index contributed by atoms with van der Waals surface area (Å²) in [7, 11) is -3.02. The minimum absolute atomic E-state index is 0.468. The fraction of sp³-hybridized carbons (Fsp3) is 1.00. The van der Waals surface area contributed by atoms with Crippen LogP contribution in [0.25, 0.3) is 0 Å². The molecule has 4 nitrogen and oxygen atoms in total. The Labute approximate surface area is 84.9 Å². The largest absolute Gasteiger partial charge is 0.315 e. The molecule has 6 heteroatoms. The molecule has 0 aromatic carbocycles. The number of sulfonamides is 1. The molecule has 0 aromatic heterocycles. The maximum absolute atomic E-state index is 10.6. The van der Waals surface area contributed by atoms with E-state index in [1.165, 1.54) is 6.26 Å². The molecule has 80 valence electrons. The Morgan fingerprint density at radius 2 is 1.92 bits per heavy atom. The number of hydrogen-bond acceptors (Lipinski definition) is 4. The van der Waals surface area contributed by atoms with Gasteiger partial charge >= 0.3 is 0 Å². The zero-order valence-electron chi connectivity index (χ0n) is 8.17. The van der Waals surface area contributed by atoms with E-state index in [9.17, 15) is 8.42 Å². The number of nitrogens with one attached hydrogen (secondary N) is 2. The molecule has 0 spiro atoms. The van der Waals surface area contributed by atoms with E-state index in [0.717, 1.165) is 18.1 Å². The lowest BCUT2D eigenvalue weighted by atomic mass is 10.6. The van der Waals surface area contributed by atoms with Gasteiger partial charge in [0.05, 0.1) is 6.26 Å². The fourth-order valence-corrected chi connectivity index (χ4v) is 1.79. The van der Waals surface area contributed by atoms with Crippen molar-refractivity contribution >= 4 is 21.8 Å². The molecule has 0 aliphatic carbocycles. The van der Waals surface area contributed by atoms with Gasteiger partial charge in [0, 0.05) is 25.4 Å². The van der Waals surface area contributed by atoms with Crippen molar-refractivity contribution in [1.29, 1.82) is 0 Å². The Kier molecular flexibility index (Phi) is 7.74. The van der Waals surface area contributed by atoms with Crippen molar-refractivity contribution in [3.05, 3.63) is 0 Å². The van der Waals surface area contributed by atoms with Gasteiger partial charge in [-0.1, -0.05) is 6.92 Å². The van der Waals surface area contributed by atoms with Crippen LogP contribution in [0.1, 0.15) is 6.92 Å². The first-order valence-electron chi connectivity index (χ1n) is 4.29. The van der Waals surface area contributed by atoms with E-state index in [1.54, 1.807) is 0 Å².